The van der Waals surface area contributed by atoms with Crippen molar-refractivity contribution < 1.29 is 14.3 Å². The molecule has 2 aliphatic carbocycles. The van der Waals surface area contributed by atoms with Crippen LogP contribution in [0.5, 0.6) is 5.75 Å². The van der Waals surface area contributed by atoms with Crippen LogP contribution in [0.1, 0.15) is 79.4 Å². The monoisotopic (exact) mass is 646 g/mol. The summed E-state index contributed by atoms with van der Waals surface area (Å²) >= 11 is 0. The molecule has 252 valence electrons. The van der Waals surface area contributed by atoms with Gasteiger partial charge < -0.3 is 19.4 Å². The van der Waals surface area contributed by atoms with Crippen LogP contribution < -0.4 is 4.74 Å². The summed E-state index contributed by atoms with van der Waals surface area (Å²) in [5.41, 5.74) is 10.5. The number of nitrogens with zero attached hydrogens (tertiary/aromatic N) is 2. The summed E-state index contributed by atoms with van der Waals surface area (Å²) in [6.45, 7) is 7.81. The van der Waals surface area contributed by atoms with Gasteiger partial charge in [-0.3, -0.25) is 14.6 Å². The number of likely N-dealkylation sites (tertiary alicyclic amines) is 1. The van der Waals surface area contributed by atoms with Crippen molar-refractivity contribution >= 4 is 27.8 Å². The van der Waals surface area contributed by atoms with Crippen LogP contribution in [0, 0.1) is 23.7 Å². The molecule has 1 saturated carbocycles. The Labute approximate surface area is 284 Å². The molecular weight excluding hydrogens is 596 g/mol. The van der Waals surface area contributed by atoms with Crippen LogP contribution in [-0.4, -0.2) is 78.7 Å². The Morgan fingerprint density at radius 2 is 1.85 bits per heavy atom. The maximum absolute atomic E-state index is 13.8. The predicted molar refractivity (Wildman–Crippen MR) is 191 cm³/mol. The van der Waals surface area contributed by atoms with Gasteiger partial charge in [0.1, 0.15) is 5.75 Å². The Bertz CT molecular complexity index is 1940. The van der Waals surface area contributed by atoms with Gasteiger partial charge in [-0.1, -0.05) is 43.2 Å². The molecule has 9 atom stereocenters. The van der Waals surface area contributed by atoms with E-state index in [0.29, 0.717) is 12.0 Å². The molecule has 6 heterocycles. The number of nitrogens with one attached hydrogen (secondary N) is 2. The van der Waals surface area contributed by atoms with Gasteiger partial charge >= 0.3 is 5.97 Å². The molecule has 4 fully saturated rings. The van der Waals surface area contributed by atoms with E-state index in [1.54, 1.807) is 7.11 Å². The highest BCUT2D eigenvalue weighted by molar-refractivity contribution is 5.92. The molecule has 7 heteroatoms. The minimum atomic E-state index is -0.246. The highest BCUT2D eigenvalue weighted by atomic mass is 16.5. The van der Waals surface area contributed by atoms with Crippen LogP contribution >= 0.6 is 0 Å². The van der Waals surface area contributed by atoms with Gasteiger partial charge in [0.2, 0.25) is 0 Å². The van der Waals surface area contributed by atoms with Crippen LogP contribution in [-0.2, 0) is 22.4 Å². The summed E-state index contributed by atoms with van der Waals surface area (Å²) < 4.78 is 11.9. The SMILES string of the molecule is CC=C1CN(C)C2Cc3c([nH]c4ccccc34)C(c3c(OC)ccc4c5c([nH]c34)C3CC4CC(CC)C3N(CC5)C4)CC1C2C(=O)OC. The molecule has 2 aromatic carbocycles. The molecule has 3 saturated heterocycles. The molecular formula is C41H50N4O3. The number of H-pyrrole nitrogens is 2. The number of likely N-dealkylation sites (N-methyl/N-ethyl adjacent to an activating group) is 1. The topological polar surface area (TPSA) is 73.6 Å². The zero-order valence-corrected chi connectivity index (χ0v) is 29.1. The molecule has 2 aromatic heterocycles. The normalized spacial score (nSPS) is 33.6. The highest BCUT2D eigenvalue weighted by Crippen LogP contribution is 2.54. The van der Waals surface area contributed by atoms with Crippen molar-refractivity contribution in [1.29, 1.82) is 0 Å². The molecule has 0 amide bonds. The maximum Gasteiger partial charge on any atom is 0.310 e. The third-order valence-corrected chi connectivity index (χ3v) is 13.5. The standard InChI is InChI=1S/C41H50N4O3/c1-6-23-16-22-17-31-37-27(14-15-45(20-22)40(23)31)26-12-13-34(47-4)36(39(26)43-37)30-18-28-24(7-2)21-44(3)33(35(28)41(46)48-5)19-29-25-10-8-9-11-32(25)42-38(29)30/h7-13,22-23,28,30-31,33,35,40,42-43H,6,14-21H2,1-5H3. The summed E-state index contributed by atoms with van der Waals surface area (Å²) in [6, 6.07) is 13.9. The second-order valence-corrected chi connectivity index (χ2v) is 15.5. The molecule has 9 unspecified atom stereocenters. The van der Waals surface area contributed by atoms with E-state index in [4.69, 9.17) is 9.47 Å². The van der Waals surface area contributed by atoms with Crippen LogP contribution in [0.25, 0.3) is 21.8 Å². The number of aromatic amines is 2. The lowest BCUT2D eigenvalue weighted by Crippen LogP contribution is -2.56. The minimum Gasteiger partial charge on any atom is -0.496 e. The van der Waals surface area contributed by atoms with Crippen molar-refractivity contribution in [2.24, 2.45) is 23.7 Å². The largest absolute Gasteiger partial charge is 0.496 e. The van der Waals surface area contributed by atoms with Crippen LogP contribution in [0.4, 0.5) is 0 Å². The molecule has 48 heavy (non-hydrogen) atoms. The van der Waals surface area contributed by atoms with Gasteiger partial charge in [-0.05, 0) is 93.2 Å². The first-order valence-electron chi connectivity index (χ1n) is 18.4. The van der Waals surface area contributed by atoms with E-state index in [9.17, 15) is 4.79 Å². The smallest absolute Gasteiger partial charge is 0.310 e. The number of hydrogen-bond donors (Lipinski definition) is 2. The Morgan fingerprint density at radius 1 is 1.00 bits per heavy atom. The van der Waals surface area contributed by atoms with Gasteiger partial charge in [-0.2, -0.15) is 0 Å². The van der Waals surface area contributed by atoms with Crippen molar-refractivity contribution in [3.05, 3.63) is 76.1 Å². The van der Waals surface area contributed by atoms with Gasteiger partial charge in [-0.25, -0.2) is 0 Å². The molecule has 6 aliphatic rings. The van der Waals surface area contributed by atoms with E-state index in [1.807, 2.05) is 7.11 Å². The van der Waals surface area contributed by atoms with Crippen molar-refractivity contribution in [1.82, 2.24) is 19.8 Å². The number of ether oxygens (including phenoxy) is 2. The Balaban J connectivity index is 1.28. The summed E-state index contributed by atoms with van der Waals surface area (Å²) in [5, 5.41) is 2.61. The number of rotatable bonds is 4. The molecule has 6 bridgehead atoms. The molecule has 2 N–H and O–H groups in total. The Kier molecular flexibility index (Phi) is 7.32. The fraction of sp³-hybridized carbons (Fsp3) is 0.537. The van der Waals surface area contributed by atoms with E-state index in [1.165, 1.54) is 75.7 Å². The van der Waals surface area contributed by atoms with E-state index in [0.717, 1.165) is 55.5 Å². The van der Waals surface area contributed by atoms with Gasteiger partial charge in [0.15, 0.2) is 0 Å². The maximum atomic E-state index is 13.8. The lowest BCUT2D eigenvalue weighted by atomic mass is 9.65. The molecule has 0 radical (unpaired) electrons. The predicted octanol–water partition coefficient (Wildman–Crippen LogP) is 7.16. The van der Waals surface area contributed by atoms with E-state index in [2.05, 4.69) is 83.1 Å². The lowest BCUT2D eigenvalue weighted by molar-refractivity contribution is -0.151. The molecule has 10 rings (SSSR count). The summed E-state index contributed by atoms with van der Waals surface area (Å²) in [6.07, 6.45) is 8.88. The highest BCUT2D eigenvalue weighted by Gasteiger charge is 2.50. The first-order chi connectivity index (χ1) is 23.4. The van der Waals surface area contributed by atoms with Crippen molar-refractivity contribution in [3.63, 3.8) is 0 Å². The van der Waals surface area contributed by atoms with E-state index in [-0.39, 0.29) is 29.8 Å². The van der Waals surface area contributed by atoms with Gasteiger partial charge in [0.05, 0.1) is 25.7 Å². The van der Waals surface area contributed by atoms with Crippen LogP contribution in [0.15, 0.2) is 48.0 Å². The Morgan fingerprint density at radius 3 is 2.65 bits per heavy atom. The molecule has 7 nitrogen and oxygen atoms in total. The van der Waals surface area contributed by atoms with Crippen LogP contribution in [0.3, 0.4) is 0 Å². The van der Waals surface area contributed by atoms with Gasteiger partial charge in [-0.15, -0.1) is 0 Å². The number of allylic oxidation sites excluding steroid dienone is 1. The number of fused-ring (bicyclic) bond motifs is 9. The second kappa shape index (κ2) is 11.5. The summed E-state index contributed by atoms with van der Waals surface area (Å²) in [5.74, 6) is 2.78. The number of carbonyl (C=O) groups excluding carboxylic acids is 1. The summed E-state index contributed by atoms with van der Waals surface area (Å²) in [4.78, 5) is 27.2. The number of methoxy groups -OCH3 is 2. The van der Waals surface area contributed by atoms with Crippen LogP contribution in [0.2, 0.25) is 0 Å². The third-order valence-electron chi connectivity index (χ3n) is 13.5. The average Bonchev–Trinajstić information content (AvgIpc) is 3.64. The number of hydrogen-bond acceptors (Lipinski definition) is 5. The van der Waals surface area contributed by atoms with E-state index < -0.39 is 0 Å². The zero-order chi connectivity index (χ0) is 32.8. The number of para-hydroxylation sites is 1. The van der Waals surface area contributed by atoms with Gasteiger partial charge in [0.25, 0.3) is 0 Å². The number of piperidine rings is 3. The fourth-order valence-electron chi connectivity index (χ4n) is 11.5. The van der Waals surface area contributed by atoms with Gasteiger partial charge in [0, 0.05) is 76.8 Å². The Hall–Kier alpha value is -3.55. The molecule has 4 aromatic rings. The number of esters is 1. The minimum absolute atomic E-state index is 0.00694. The quantitative estimate of drug-likeness (QED) is 0.182. The third kappa shape index (κ3) is 4.35. The second-order valence-electron chi connectivity index (χ2n) is 15.5. The zero-order valence-electron chi connectivity index (χ0n) is 29.1. The fourth-order valence-corrected chi connectivity index (χ4v) is 11.5. The number of benzene rings is 2. The van der Waals surface area contributed by atoms with Crippen molar-refractivity contribution in [3.8, 4) is 5.75 Å². The first-order valence-corrected chi connectivity index (χ1v) is 18.4. The number of carbonyl (C=O) groups is 1. The lowest BCUT2D eigenvalue weighted by Gasteiger charge is -2.53. The van der Waals surface area contributed by atoms with Crippen molar-refractivity contribution in [2.75, 3.05) is 40.9 Å². The molecule has 0 spiro atoms. The van der Waals surface area contributed by atoms with Crippen molar-refractivity contribution in [2.45, 2.75) is 76.3 Å². The number of aromatic nitrogens is 2. The molecule has 4 aliphatic heterocycles. The first kappa shape index (κ1) is 30.5. The summed E-state index contributed by atoms with van der Waals surface area (Å²) in [7, 11) is 5.54. The average molecular weight is 647 g/mol. The van der Waals surface area contributed by atoms with E-state index >= 15 is 0 Å².